The van der Waals surface area contributed by atoms with Crippen molar-refractivity contribution in [3.05, 3.63) is 12.1 Å². The van der Waals surface area contributed by atoms with Gasteiger partial charge in [0.1, 0.15) is 0 Å². The van der Waals surface area contributed by atoms with Crippen LogP contribution in [0.3, 0.4) is 0 Å². The minimum atomic E-state index is -2.60. The summed E-state index contributed by atoms with van der Waals surface area (Å²) in [5, 5.41) is 38.5. The van der Waals surface area contributed by atoms with Crippen LogP contribution in [0, 0.1) is 0 Å². The summed E-state index contributed by atoms with van der Waals surface area (Å²) in [5.74, 6) is -1.73. The molecule has 0 aliphatic carbocycles. The summed E-state index contributed by atoms with van der Waals surface area (Å²) in [5.41, 5.74) is 0. The van der Waals surface area contributed by atoms with Crippen molar-refractivity contribution in [2.75, 3.05) is 0 Å². The third kappa shape index (κ3) is 14.4. The van der Waals surface area contributed by atoms with Crippen molar-refractivity contribution >= 4 is 5.97 Å². The van der Waals surface area contributed by atoms with E-state index >= 15 is 0 Å². The van der Waals surface area contributed by atoms with Crippen molar-refractivity contribution < 1.29 is 32.1 Å². The van der Waals surface area contributed by atoms with E-state index in [-0.39, 0.29) is 25.7 Å². The average Bonchev–Trinajstić information content (AvgIpc) is 2.64. The lowest BCUT2D eigenvalue weighted by Crippen LogP contribution is -2.27. The van der Waals surface area contributed by atoms with Gasteiger partial charge < -0.3 is 20.4 Å². The van der Waals surface area contributed by atoms with Crippen LogP contribution >= 0.6 is 0 Å². The van der Waals surface area contributed by atoms with Crippen molar-refractivity contribution in [3.63, 3.8) is 0 Å². The van der Waals surface area contributed by atoms with Gasteiger partial charge in [0.05, 0.1) is 21.1 Å². The molecule has 0 saturated heterocycles. The van der Waals surface area contributed by atoms with Crippen molar-refractivity contribution in [3.8, 4) is 0 Å². The molecule has 0 spiro atoms. The molecule has 0 aliphatic rings. The highest BCUT2D eigenvalue weighted by Crippen LogP contribution is 2.15. The Morgan fingerprint density at radius 3 is 2.35 bits per heavy atom. The van der Waals surface area contributed by atoms with Gasteiger partial charge in [-0.3, -0.25) is 0 Å². The molecule has 0 aromatic rings. The van der Waals surface area contributed by atoms with E-state index in [1.807, 2.05) is 0 Å². The van der Waals surface area contributed by atoms with E-state index in [9.17, 15) is 20.1 Å². The number of hydrogen-bond donors (Lipinski definition) is 4. The molecule has 5 nitrogen and oxygen atoms in total. The predicted molar refractivity (Wildman–Crippen MR) is 91.3 cm³/mol. The first kappa shape index (κ1) is 14.4. The van der Waals surface area contributed by atoms with Crippen LogP contribution in [0.2, 0.25) is 0 Å². The fourth-order valence-electron chi connectivity index (χ4n) is 2.16. The second-order valence-electron chi connectivity index (χ2n) is 5.70. The van der Waals surface area contributed by atoms with Gasteiger partial charge in [0.2, 0.25) is 0 Å². The number of allylic oxidation sites excluding steroid dienone is 1. The maximum absolute atomic E-state index is 10.7. The molecule has 136 valence electrons. The number of unbranched alkanes of at least 4 members (excludes halogenated alkanes) is 2. The molecule has 0 aliphatic heterocycles. The van der Waals surface area contributed by atoms with Crippen molar-refractivity contribution in [2.45, 2.75) is 95.8 Å². The van der Waals surface area contributed by atoms with Gasteiger partial charge in [-0.2, -0.15) is 0 Å². The summed E-state index contributed by atoms with van der Waals surface area (Å²) in [6.07, 6.45) is -2.17. The van der Waals surface area contributed by atoms with Crippen LogP contribution in [0.25, 0.3) is 0 Å². The number of aliphatic hydroxyl groups excluding tert-OH is 3. The fraction of sp³-hybridized carbons (Fsp3) is 0.833. The Morgan fingerprint density at radius 2 is 1.70 bits per heavy atom. The van der Waals surface area contributed by atoms with Crippen LogP contribution < -0.4 is 0 Å². The highest BCUT2D eigenvalue weighted by Gasteiger charge is 2.17. The second-order valence-corrected chi connectivity index (χ2v) is 5.70. The Labute approximate surface area is 147 Å². The molecule has 0 amide bonds. The average molecular weight is 335 g/mol. The summed E-state index contributed by atoms with van der Waals surface area (Å²) in [4.78, 5) is 10.7. The van der Waals surface area contributed by atoms with E-state index in [0.717, 1.165) is 19.3 Å². The quantitative estimate of drug-likeness (QED) is 0.272. The van der Waals surface area contributed by atoms with Gasteiger partial charge >= 0.3 is 5.97 Å². The van der Waals surface area contributed by atoms with E-state index in [2.05, 4.69) is 6.92 Å². The lowest BCUT2D eigenvalue weighted by atomic mass is 9.98. The van der Waals surface area contributed by atoms with Crippen LogP contribution in [-0.4, -0.2) is 44.7 Å². The first-order valence-electron chi connectivity index (χ1n) is 10.9. The Morgan fingerprint density at radius 1 is 1.04 bits per heavy atom. The number of carboxylic acids is 1. The number of aliphatic hydroxyl groups is 3. The normalized spacial score (nSPS) is 21.7. The third-order valence-electron chi connectivity index (χ3n) is 3.57. The van der Waals surface area contributed by atoms with Gasteiger partial charge in [-0.05, 0) is 38.5 Å². The molecule has 0 aromatic carbocycles. The van der Waals surface area contributed by atoms with Crippen LogP contribution in [0.5, 0.6) is 0 Å². The molecule has 5 heteroatoms. The highest BCUT2D eigenvalue weighted by atomic mass is 16.4. The van der Waals surface area contributed by atoms with E-state index in [1.54, 1.807) is 0 Å². The van der Waals surface area contributed by atoms with Gasteiger partial charge in [0, 0.05) is 10.2 Å². The number of hydrogen-bond acceptors (Lipinski definition) is 4. The summed E-state index contributed by atoms with van der Waals surface area (Å²) in [7, 11) is 0. The lowest BCUT2D eigenvalue weighted by Gasteiger charge is -2.19. The lowest BCUT2D eigenvalue weighted by molar-refractivity contribution is -0.131. The van der Waals surface area contributed by atoms with Crippen molar-refractivity contribution in [1.82, 2.24) is 0 Å². The molecule has 4 N–H and O–H groups in total. The molecular weight excluding hydrogens is 296 g/mol. The largest absolute Gasteiger partial charge is 0.478 e. The predicted octanol–water partition coefficient (Wildman–Crippen LogP) is 3.02. The van der Waals surface area contributed by atoms with Crippen LogP contribution in [-0.2, 0) is 4.79 Å². The molecule has 0 radical (unpaired) electrons. The number of carbonyl (C=O) groups is 1. The number of rotatable bonds is 15. The zero-order valence-electron chi connectivity index (χ0n) is 18.9. The Kier molecular flexibility index (Phi) is 9.21. The van der Waals surface area contributed by atoms with E-state index < -0.39 is 49.2 Å². The zero-order valence-corrected chi connectivity index (χ0v) is 13.9. The molecule has 23 heavy (non-hydrogen) atoms. The summed E-state index contributed by atoms with van der Waals surface area (Å²) in [6.45, 7) is 2.07. The number of aliphatic carboxylic acids is 1. The van der Waals surface area contributed by atoms with Crippen molar-refractivity contribution in [2.24, 2.45) is 0 Å². The summed E-state index contributed by atoms with van der Waals surface area (Å²) < 4.78 is 38.0. The standard InChI is InChI=1S/C18H34O5/c1-2-3-7-10-15(19)13-14-17(21)16(20)11-8-5-4-6-9-12-18(22)23/h9,12,15-17,19-21H,2-8,10-11,13-14H2,1H3,(H,22,23)/i4D,6D2,9D,12D. The first-order valence-corrected chi connectivity index (χ1v) is 8.32. The van der Waals surface area contributed by atoms with Gasteiger partial charge in [-0.25, -0.2) is 4.79 Å². The summed E-state index contributed by atoms with van der Waals surface area (Å²) >= 11 is 0. The molecule has 0 heterocycles. The molecule has 4 unspecified atom stereocenters. The molecule has 0 bridgehead atoms. The second kappa shape index (κ2) is 14.7. The van der Waals surface area contributed by atoms with Gasteiger partial charge in [0.25, 0.3) is 0 Å². The molecule has 0 aromatic heterocycles. The van der Waals surface area contributed by atoms with Gasteiger partial charge in [-0.1, -0.05) is 45.1 Å². The maximum atomic E-state index is 10.7. The minimum Gasteiger partial charge on any atom is -0.478 e. The van der Waals surface area contributed by atoms with E-state index in [0.29, 0.717) is 12.8 Å². The van der Waals surface area contributed by atoms with Gasteiger partial charge in [0.15, 0.2) is 0 Å². The Balaban J connectivity index is 4.36. The molecule has 4 atom stereocenters. The Hall–Kier alpha value is -0.910. The van der Waals surface area contributed by atoms with Gasteiger partial charge in [-0.15, -0.1) is 0 Å². The van der Waals surface area contributed by atoms with Crippen LogP contribution in [0.1, 0.15) is 84.3 Å². The van der Waals surface area contributed by atoms with Crippen LogP contribution in [0.4, 0.5) is 0 Å². The van der Waals surface area contributed by atoms with E-state index in [4.69, 9.17) is 12.0 Å². The topological polar surface area (TPSA) is 98.0 Å². The molecule has 0 rings (SSSR count). The van der Waals surface area contributed by atoms with E-state index in [1.165, 1.54) is 0 Å². The van der Waals surface area contributed by atoms with Crippen molar-refractivity contribution in [1.29, 1.82) is 0 Å². The first-order chi connectivity index (χ1) is 12.9. The third-order valence-corrected chi connectivity index (χ3v) is 3.57. The smallest absolute Gasteiger partial charge is 0.327 e. The summed E-state index contributed by atoms with van der Waals surface area (Å²) in [6, 6.07) is -2.24. The fourth-order valence-corrected chi connectivity index (χ4v) is 2.16. The Bertz CT molecular complexity index is 501. The number of carboxylic acid groups (broad SMARTS) is 1. The highest BCUT2D eigenvalue weighted by molar-refractivity contribution is 5.79. The monoisotopic (exact) mass is 335 g/mol. The molecule has 0 saturated carbocycles. The molecular formula is C18H34O5. The molecule has 0 fully saturated rings. The minimum absolute atomic E-state index is 0.0638. The zero-order chi connectivity index (χ0) is 21.9. The SMILES string of the molecule is [2H]C(C(=O)O)=C([2H])C([2H])([2H])C([2H])CCCC(O)C(O)CCC(O)CCCCC. The maximum Gasteiger partial charge on any atom is 0.327 e. The van der Waals surface area contributed by atoms with Crippen LogP contribution in [0.15, 0.2) is 12.1 Å².